The minimum atomic E-state index is -0.893. The summed E-state index contributed by atoms with van der Waals surface area (Å²) in [5.41, 5.74) is 0.463. The first-order valence-electron chi connectivity index (χ1n) is 4.57. The molecule has 15 heavy (non-hydrogen) atoms. The molecule has 0 spiro atoms. The molecule has 0 atom stereocenters. The van der Waals surface area contributed by atoms with Crippen molar-refractivity contribution in [3.63, 3.8) is 0 Å². The van der Waals surface area contributed by atoms with Gasteiger partial charge in [0.2, 0.25) is 0 Å². The third kappa shape index (κ3) is 1.86. The predicted molar refractivity (Wildman–Crippen MR) is 51.1 cm³/mol. The lowest BCUT2D eigenvalue weighted by Gasteiger charge is -1.95. The lowest BCUT2D eigenvalue weighted by Crippen LogP contribution is -1.87. The molecule has 0 fully saturated rings. The molecule has 0 radical (unpaired) electrons. The molecule has 0 amide bonds. The zero-order chi connectivity index (χ0) is 10.8. The summed E-state index contributed by atoms with van der Waals surface area (Å²) in [7, 11) is 0. The zero-order valence-corrected chi connectivity index (χ0v) is 8.09. The first-order valence-corrected chi connectivity index (χ1v) is 4.57. The van der Waals surface area contributed by atoms with E-state index in [2.05, 4.69) is 15.2 Å². The first-order chi connectivity index (χ1) is 7.20. The topological polar surface area (TPSA) is 41.6 Å². The number of H-pyrrole nitrogens is 1. The Balaban J connectivity index is 2.40. The van der Waals surface area contributed by atoms with Gasteiger partial charge in [-0.25, -0.2) is 13.8 Å². The highest BCUT2D eigenvalue weighted by Crippen LogP contribution is 2.17. The Kier molecular flexibility index (Phi) is 2.45. The van der Waals surface area contributed by atoms with Crippen molar-refractivity contribution in [2.45, 2.75) is 13.3 Å². The van der Waals surface area contributed by atoms with E-state index in [-0.39, 0.29) is 0 Å². The Hall–Kier alpha value is -1.78. The van der Waals surface area contributed by atoms with Gasteiger partial charge in [-0.1, -0.05) is 6.92 Å². The second-order valence-electron chi connectivity index (χ2n) is 3.09. The lowest BCUT2D eigenvalue weighted by molar-refractivity contribution is 0.509. The third-order valence-corrected chi connectivity index (χ3v) is 2.04. The highest BCUT2D eigenvalue weighted by molar-refractivity contribution is 5.54. The minimum Gasteiger partial charge on any atom is -0.263 e. The van der Waals surface area contributed by atoms with Gasteiger partial charge in [-0.05, 0) is 18.2 Å². The maximum atomic E-state index is 12.9. The van der Waals surface area contributed by atoms with Crippen LogP contribution in [0.4, 0.5) is 8.78 Å². The van der Waals surface area contributed by atoms with Crippen LogP contribution in [-0.2, 0) is 6.42 Å². The summed E-state index contributed by atoms with van der Waals surface area (Å²) in [6.07, 6.45) is 0.719. The van der Waals surface area contributed by atoms with Crippen LogP contribution >= 0.6 is 0 Å². The van der Waals surface area contributed by atoms with E-state index >= 15 is 0 Å². The van der Waals surface area contributed by atoms with Crippen LogP contribution in [0.25, 0.3) is 11.4 Å². The quantitative estimate of drug-likeness (QED) is 0.824. The van der Waals surface area contributed by atoms with Crippen LogP contribution in [0.3, 0.4) is 0 Å². The van der Waals surface area contributed by atoms with Gasteiger partial charge in [-0.3, -0.25) is 5.10 Å². The Morgan fingerprint density at radius 3 is 2.67 bits per heavy atom. The number of nitrogens with one attached hydrogen (secondary N) is 1. The van der Waals surface area contributed by atoms with Crippen LogP contribution in [-0.4, -0.2) is 15.2 Å². The Morgan fingerprint density at radius 2 is 2.07 bits per heavy atom. The Bertz CT molecular complexity index is 479. The summed E-state index contributed by atoms with van der Waals surface area (Å²) < 4.78 is 25.6. The maximum Gasteiger partial charge on any atom is 0.181 e. The number of aryl methyl sites for hydroxylation is 1. The Morgan fingerprint density at radius 1 is 1.27 bits per heavy atom. The van der Waals surface area contributed by atoms with E-state index in [9.17, 15) is 8.78 Å². The molecular weight excluding hydrogens is 200 g/mol. The summed E-state index contributed by atoms with van der Waals surface area (Å²) >= 11 is 0. The van der Waals surface area contributed by atoms with Gasteiger partial charge >= 0.3 is 0 Å². The number of hydrogen-bond acceptors (Lipinski definition) is 2. The van der Waals surface area contributed by atoms with Gasteiger partial charge in [-0.15, -0.1) is 0 Å². The van der Waals surface area contributed by atoms with Crippen LogP contribution in [0, 0.1) is 11.6 Å². The fourth-order valence-corrected chi connectivity index (χ4v) is 1.22. The largest absolute Gasteiger partial charge is 0.263 e. The van der Waals surface area contributed by atoms with Crippen LogP contribution in [0.5, 0.6) is 0 Å². The van der Waals surface area contributed by atoms with Crippen LogP contribution in [0.1, 0.15) is 12.7 Å². The Labute approximate surface area is 85.2 Å². The number of nitrogens with zero attached hydrogens (tertiary/aromatic N) is 2. The number of aromatic amines is 1. The first kappa shape index (κ1) is 9.76. The van der Waals surface area contributed by atoms with Crippen molar-refractivity contribution < 1.29 is 8.78 Å². The number of benzene rings is 1. The molecule has 78 valence electrons. The van der Waals surface area contributed by atoms with Gasteiger partial charge in [0.05, 0.1) is 0 Å². The van der Waals surface area contributed by atoms with Gasteiger partial charge in [0, 0.05) is 12.0 Å². The monoisotopic (exact) mass is 209 g/mol. The van der Waals surface area contributed by atoms with Gasteiger partial charge in [0.25, 0.3) is 0 Å². The molecule has 1 N–H and O–H groups in total. The number of aromatic nitrogens is 3. The van der Waals surface area contributed by atoms with Gasteiger partial charge in [0.1, 0.15) is 5.82 Å². The molecule has 5 heteroatoms. The van der Waals surface area contributed by atoms with Crippen LogP contribution in [0.2, 0.25) is 0 Å². The molecule has 2 rings (SSSR count). The van der Waals surface area contributed by atoms with Crippen molar-refractivity contribution in [2.24, 2.45) is 0 Å². The number of halogens is 2. The van der Waals surface area contributed by atoms with Crippen molar-refractivity contribution in [3.8, 4) is 11.4 Å². The van der Waals surface area contributed by atoms with Crippen molar-refractivity contribution in [1.82, 2.24) is 15.2 Å². The predicted octanol–water partition coefficient (Wildman–Crippen LogP) is 2.31. The summed E-state index contributed by atoms with van der Waals surface area (Å²) in [6, 6.07) is 3.59. The van der Waals surface area contributed by atoms with E-state index in [1.165, 1.54) is 6.07 Å². The van der Waals surface area contributed by atoms with E-state index in [0.29, 0.717) is 11.4 Å². The third-order valence-electron chi connectivity index (χ3n) is 2.04. The van der Waals surface area contributed by atoms with Crippen molar-refractivity contribution in [2.75, 3.05) is 0 Å². The maximum absolute atomic E-state index is 12.9. The van der Waals surface area contributed by atoms with Gasteiger partial charge in [0.15, 0.2) is 17.5 Å². The molecule has 0 aliphatic heterocycles. The molecule has 0 aliphatic carbocycles. The van der Waals surface area contributed by atoms with Crippen LogP contribution < -0.4 is 0 Å². The fourth-order valence-electron chi connectivity index (χ4n) is 1.22. The molecule has 0 unspecified atom stereocenters. The second kappa shape index (κ2) is 3.76. The SMILES string of the molecule is CCc1nc(-c2ccc(F)c(F)c2)n[nH]1. The molecule has 3 nitrogen and oxygen atoms in total. The molecule has 0 saturated heterocycles. The van der Waals surface area contributed by atoms with E-state index < -0.39 is 11.6 Å². The minimum absolute atomic E-state index is 0.380. The molecule has 2 aromatic rings. The van der Waals surface area contributed by atoms with Crippen LogP contribution in [0.15, 0.2) is 18.2 Å². The van der Waals surface area contributed by atoms with E-state index in [4.69, 9.17) is 0 Å². The summed E-state index contributed by atoms with van der Waals surface area (Å²) in [5.74, 6) is -0.666. The van der Waals surface area contributed by atoms with Gasteiger partial charge in [-0.2, -0.15) is 5.10 Å². The molecule has 0 saturated carbocycles. The summed E-state index contributed by atoms with van der Waals surface area (Å²) in [5, 5.41) is 6.61. The number of hydrogen-bond donors (Lipinski definition) is 1. The second-order valence-corrected chi connectivity index (χ2v) is 3.09. The molecule has 1 aromatic heterocycles. The fraction of sp³-hybridized carbons (Fsp3) is 0.200. The molecule has 0 aliphatic rings. The van der Waals surface area contributed by atoms with E-state index in [1.807, 2.05) is 6.92 Å². The summed E-state index contributed by atoms with van der Waals surface area (Å²) in [6.45, 7) is 1.93. The standard InChI is InChI=1S/C10H9F2N3/c1-2-9-13-10(15-14-9)6-3-4-7(11)8(12)5-6/h3-5H,2H2,1H3,(H,13,14,15). The van der Waals surface area contributed by atoms with E-state index in [1.54, 1.807) is 0 Å². The van der Waals surface area contributed by atoms with Crippen molar-refractivity contribution in [1.29, 1.82) is 0 Å². The smallest absolute Gasteiger partial charge is 0.181 e. The van der Waals surface area contributed by atoms with Gasteiger partial charge < -0.3 is 0 Å². The summed E-state index contributed by atoms with van der Waals surface area (Å²) in [4.78, 5) is 4.11. The van der Waals surface area contributed by atoms with Crippen molar-refractivity contribution in [3.05, 3.63) is 35.7 Å². The average Bonchev–Trinajstić information content (AvgIpc) is 2.70. The lowest BCUT2D eigenvalue weighted by atomic mass is 10.2. The average molecular weight is 209 g/mol. The highest BCUT2D eigenvalue weighted by atomic mass is 19.2. The number of rotatable bonds is 2. The molecule has 1 heterocycles. The normalized spacial score (nSPS) is 10.6. The highest BCUT2D eigenvalue weighted by Gasteiger charge is 2.08. The van der Waals surface area contributed by atoms with Crippen molar-refractivity contribution >= 4 is 0 Å². The molecule has 1 aromatic carbocycles. The molecular formula is C10H9F2N3. The van der Waals surface area contributed by atoms with E-state index in [0.717, 1.165) is 24.4 Å². The molecule has 0 bridgehead atoms. The zero-order valence-electron chi connectivity index (χ0n) is 8.09.